The normalized spacial score (nSPS) is 17.6. The van der Waals surface area contributed by atoms with E-state index in [4.69, 9.17) is 9.47 Å². The van der Waals surface area contributed by atoms with E-state index in [9.17, 15) is 14.3 Å². The third-order valence-corrected chi connectivity index (χ3v) is 6.32. The van der Waals surface area contributed by atoms with Gasteiger partial charge in [-0.25, -0.2) is 9.18 Å². The first kappa shape index (κ1) is 25.5. The Morgan fingerprint density at radius 3 is 2.68 bits per heavy atom. The summed E-state index contributed by atoms with van der Waals surface area (Å²) in [6.45, 7) is 4.61. The molecule has 0 spiro atoms. The molecule has 0 fully saturated rings. The van der Waals surface area contributed by atoms with Crippen LogP contribution in [0.3, 0.4) is 0 Å². The van der Waals surface area contributed by atoms with E-state index in [1.165, 1.54) is 13.2 Å². The number of benzene rings is 3. The molecule has 0 aromatic heterocycles. The van der Waals surface area contributed by atoms with Crippen LogP contribution in [0.5, 0.6) is 11.5 Å². The monoisotopic (exact) mass is 485 g/mol. The summed E-state index contributed by atoms with van der Waals surface area (Å²) in [4.78, 5) is 11.6. The Labute approximate surface area is 205 Å². The maximum Gasteiger partial charge on any atom is 0.335 e. The summed E-state index contributed by atoms with van der Waals surface area (Å²) in [6.07, 6.45) is 0.607. The van der Waals surface area contributed by atoms with Crippen LogP contribution in [0.15, 0.2) is 60.7 Å². The number of halogens is 2. The van der Waals surface area contributed by atoms with Crippen LogP contribution in [0.1, 0.15) is 57.9 Å². The second-order valence-corrected chi connectivity index (χ2v) is 8.47. The van der Waals surface area contributed by atoms with E-state index in [0.717, 1.165) is 28.0 Å². The van der Waals surface area contributed by atoms with Gasteiger partial charge in [0.25, 0.3) is 0 Å². The first-order valence-corrected chi connectivity index (χ1v) is 11.0. The molecule has 1 aliphatic heterocycles. The number of para-hydroxylation sites is 1. The molecule has 3 aromatic rings. The minimum absolute atomic E-state index is 0. The number of aromatic carboxylic acids is 1. The van der Waals surface area contributed by atoms with Crippen LogP contribution in [0, 0.1) is 12.7 Å². The molecule has 1 aliphatic rings. The summed E-state index contributed by atoms with van der Waals surface area (Å²) < 4.78 is 25.2. The summed E-state index contributed by atoms with van der Waals surface area (Å²) in [6, 6.07) is 18.0. The summed E-state index contributed by atoms with van der Waals surface area (Å²) in [5.74, 6) is -0.252. The van der Waals surface area contributed by atoms with Crippen molar-refractivity contribution in [3.63, 3.8) is 0 Å². The van der Waals surface area contributed by atoms with Crippen molar-refractivity contribution in [1.82, 2.24) is 5.32 Å². The second-order valence-electron chi connectivity index (χ2n) is 8.47. The Morgan fingerprint density at radius 1 is 1.18 bits per heavy atom. The minimum Gasteiger partial charge on any atom is -0.494 e. The average molecular weight is 486 g/mol. The van der Waals surface area contributed by atoms with E-state index in [2.05, 4.69) is 5.32 Å². The Morgan fingerprint density at radius 2 is 1.94 bits per heavy atom. The van der Waals surface area contributed by atoms with Gasteiger partial charge >= 0.3 is 5.97 Å². The van der Waals surface area contributed by atoms with E-state index >= 15 is 0 Å². The van der Waals surface area contributed by atoms with Crippen molar-refractivity contribution in [1.29, 1.82) is 0 Å². The van der Waals surface area contributed by atoms with Gasteiger partial charge < -0.3 is 19.9 Å². The van der Waals surface area contributed by atoms with Gasteiger partial charge in [-0.1, -0.05) is 30.3 Å². The lowest BCUT2D eigenvalue weighted by atomic mass is 9.81. The standard InChI is InChI=1S/C27H28FNO4.ClH/c1-16-8-9-19(27(30)31)12-22(16)23-14-20(33-25-7-5-4-6-21(23)25)15-29-17(2)18-10-11-24(28)26(13-18)32-3;/h4-13,17,20,23,29H,14-15H2,1-3H3,(H,30,31);1H/t17?,20-,23-;/m1./s1. The summed E-state index contributed by atoms with van der Waals surface area (Å²) in [7, 11) is 1.45. The van der Waals surface area contributed by atoms with Gasteiger partial charge in [0.05, 0.1) is 12.7 Å². The van der Waals surface area contributed by atoms with Crippen LogP contribution in [0.2, 0.25) is 0 Å². The number of carboxylic acid groups (broad SMARTS) is 1. The number of carboxylic acids is 1. The zero-order valence-electron chi connectivity index (χ0n) is 19.4. The fourth-order valence-corrected chi connectivity index (χ4v) is 4.43. The molecule has 5 nitrogen and oxygen atoms in total. The number of methoxy groups -OCH3 is 1. The number of nitrogens with one attached hydrogen (secondary N) is 1. The van der Waals surface area contributed by atoms with Crippen LogP contribution in [0.4, 0.5) is 4.39 Å². The third kappa shape index (κ3) is 5.34. The highest BCUT2D eigenvalue weighted by Gasteiger charge is 2.30. The van der Waals surface area contributed by atoms with E-state index < -0.39 is 5.97 Å². The molecule has 34 heavy (non-hydrogen) atoms. The minimum atomic E-state index is -0.932. The van der Waals surface area contributed by atoms with E-state index in [1.54, 1.807) is 24.3 Å². The maximum absolute atomic E-state index is 13.8. The molecule has 0 aliphatic carbocycles. The summed E-state index contributed by atoms with van der Waals surface area (Å²) >= 11 is 0. The van der Waals surface area contributed by atoms with Gasteiger partial charge in [0.2, 0.25) is 0 Å². The van der Waals surface area contributed by atoms with Crippen molar-refractivity contribution < 1.29 is 23.8 Å². The molecule has 1 heterocycles. The first-order valence-electron chi connectivity index (χ1n) is 11.0. The van der Waals surface area contributed by atoms with E-state index in [-0.39, 0.29) is 47.6 Å². The van der Waals surface area contributed by atoms with Gasteiger partial charge in [0, 0.05) is 24.1 Å². The number of carbonyl (C=O) groups is 1. The molecule has 1 unspecified atom stereocenters. The molecule has 0 saturated heterocycles. The summed E-state index contributed by atoms with van der Waals surface area (Å²) in [5, 5.41) is 13.0. The largest absolute Gasteiger partial charge is 0.494 e. The highest BCUT2D eigenvalue weighted by atomic mass is 35.5. The third-order valence-electron chi connectivity index (χ3n) is 6.32. The molecule has 2 N–H and O–H groups in total. The highest BCUT2D eigenvalue weighted by molar-refractivity contribution is 5.88. The topological polar surface area (TPSA) is 67.8 Å². The highest BCUT2D eigenvalue weighted by Crippen LogP contribution is 2.41. The number of hydrogen-bond donors (Lipinski definition) is 2. The predicted octanol–water partition coefficient (Wildman–Crippen LogP) is 5.90. The lowest BCUT2D eigenvalue weighted by molar-refractivity contribution is 0.0696. The smallest absolute Gasteiger partial charge is 0.335 e. The lowest BCUT2D eigenvalue weighted by Gasteiger charge is -2.34. The Kier molecular flexibility index (Phi) is 8.18. The molecular weight excluding hydrogens is 457 g/mol. The number of aryl methyl sites for hydroxylation is 1. The van der Waals surface area contributed by atoms with Crippen LogP contribution in [-0.4, -0.2) is 30.8 Å². The van der Waals surface area contributed by atoms with E-state index in [0.29, 0.717) is 13.0 Å². The van der Waals surface area contributed by atoms with Crippen molar-refractivity contribution in [2.45, 2.75) is 38.3 Å². The fraction of sp³-hybridized carbons (Fsp3) is 0.296. The van der Waals surface area contributed by atoms with Crippen LogP contribution >= 0.6 is 12.4 Å². The van der Waals surface area contributed by atoms with Gasteiger partial charge in [-0.05, 0) is 67.3 Å². The van der Waals surface area contributed by atoms with Crippen molar-refractivity contribution in [2.75, 3.05) is 13.7 Å². The SMILES string of the molecule is COc1cc(C(C)NC[C@H]2C[C@@H](c3cc(C(=O)O)ccc3C)c3ccccc3O2)ccc1F.Cl. The Bertz CT molecular complexity index is 1170. The molecule has 180 valence electrons. The van der Waals surface area contributed by atoms with Gasteiger partial charge in [-0.2, -0.15) is 0 Å². The van der Waals surface area contributed by atoms with Gasteiger partial charge in [0.1, 0.15) is 11.9 Å². The molecule has 3 aromatic carbocycles. The van der Waals surface area contributed by atoms with Crippen molar-refractivity contribution >= 4 is 18.4 Å². The second kappa shape index (κ2) is 10.9. The van der Waals surface area contributed by atoms with Crippen molar-refractivity contribution in [3.8, 4) is 11.5 Å². The molecule has 3 atom stereocenters. The Balaban J connectivity index is 0.00000324. The number of ether oxygens (including phenoxy) is 2. The maximum atomic E-state index is 13.8. The average Bonchev–Trinajstić information content (AvgIpc) is 2.82. The zero-order valence-corrected chi connectivity index (χ0v) is 20.2. The van der Waals surface area contributed by atoms with Crippen LogP contribution in [0.25, 0.3) is 0 Å². The number of fused-ring (bicyclic) bond motifs is 1. The molecule has 0 radical (unpaired) electrons. The quantitative estimate of drug-likeness (QED) is 0.436. The first-order chi connectivity index (χ1) is 15.9. The Hall–Kier alpha value is -3.09. The zero-order chi connectivity index (χ0) is 23.5. The van der Waals surface area contributed by atoms with Gasteiger partial charge in [-0.15, -0.1) is 12.4 Å². The molecule has 4 rings (SSSR count). The molecular formula is C27H29ClFNO4. The van der Waals surface area contributed by atoms with Crippen molar-refractivity contribution in [2.24, 2.45) is 0 Å². The van der Waals surface area contributed by atoms with Crippen molar-refractivity contribution in [3.05, 3.63) is 94.3 Å². The van der Waals surface area contributed by atoms with Gasteiger partial charge in [0.15, 0.2) is 11.6 Å². The van der Waals surface area contributed by atoms with Crippen LogP contribution in [-0.2, 0) is 0 Å². The molecule has 7 heteroatoms. The number of hydrogen-bond acceptors (Lipinski definition) is 4. The lowest BCUT2D eigenvalue weighted by Crippen LogP contribution is -2.37. The number of rotatable bonds is 7. The molecule has 0 bridgehead atoms. The molecule has 0 saturated carbocycles. The fourth-order valence-electron chi connectivity index (χ4n) is 4.43. The van der Waals surface area contributed by atoms with E-state index in [1.807, 2.05) is 44.2 Å². The van der Waals surface area contributed by atoms with Crippen LogP contribution < -0.4 is 14.8 Å². The predicted molar refractivity (Wildman–Crippen MR) is 132 cm³/mol. The van der Waals surface area contributed by atoms with Gasteiger partial charge in [-0.3, -0.25) is 0 Å². The summed E-state index contributed by atoms with van der Waals surface area (Å²) in [5.41, 5.74) is 4.34. The molecule has 0 amide bonds.